The maximum absolute atomic E-state index is 11.9. The summed E-state index contributed by atoms with van der Waals surface area (Å²) >= 11 is 0. The zero-order chi connectivity index (χ0) is 13.1. The number of hydrogen-bond donors (Lipinski definition) is 5. The number of carbonyl (C=O) groups is 1. The Morgan fingerprint density at radius 2 is 2.17 bits per heavy atom. The summed E-state index contributed by atoms with van der Waals surface area (Å²) in [4.78, 5) is 11.9. The molecule has 1 aromatic heterocycles. The third kappa shape index (κ3) is 2.27. The molecule has 1 amide bonds. The van der Waals surface area contributed by atoms with Crippen LogP contribution in [0.4, 0.5) is 5.69 Å². The van der Waals surface area contributed by atoms with E-state index in [0.717, 1.165) is 0 Å². The molecule has 6 N–H and O–H groups in total. The van der Waals surface area contributed by atoms with Crippen LogP contribution in [0.15, 0.2) is 18.2 Å². The van der Waals surface area contributed by atoms with Crippen molar-refractivity contribution in [3.05, 3.63) is 23.9 Å². The SMILES string of the molecule is Nc1ccc2[nH]nc(C(=O)NC(CO)CO)c2c1. The third-order valence-electron chi connectivity index (χ3n) is 2.58. The van der Waals surface area contributed by atoms with Gasteiger partial charge in [-0.1, -0.05) is 0 Å². The number of benzene rings is 1. The third-order valence-corrected chi connectivity index (χ3v) is 2.58. The molecular formula is C11H14N4O3. The van der Waals surface area contributed by atoms with Crippen molar-refractivity contribution >= 4 is 22.5 Å². The number of H-pyrrole nitrogens is 1. The Labute approximate surface area is 103 Å². The molecule has 18 heavy (non-hydrogen) atoms. The molecule has 7 heteroatoms. The topological polar surface area (TPSA) is 124 Å². The first kappa shape index (κ1) is 12.3. The molecule has 0 saturated heterocycles. The number of carbonyl (C=O) groups excluding carboxylic acids is 1. The lowest BCUT2D eigenvalue weighted by molar-refractivity contribution is 0.0876. The molecule has 0 atom stereocenters. The van der Waals surface area contributed by atoms with Crippen molar-refractivity contribution in [3.63, 3.8) is 0 Å². The van der Waals surface area contributed by atoms with Crippen LogP contribution in [-0.4, -0.2) is 45.6 Å². The number of aromatic amines is 1. The molecule has 96 valence electrons. The van der Waals surface area contributed by atoms with Crippen molar-refractivity contribution in [2.45, 2.75) is 6.04 Å². The van der Waals surface area contributed by atoms with Crippen LogP contribution >= 0.6 is 0 Å². The van der Waals surface area contributed by atoms with Gasteiger partial charge in [-0.25, -0.2) is 0 Å². The van der Waals surface area contributed by atoms with Gasteiger partial charge in [0.15, 0.2) is 5.69 Å². The number of aromatic nitrogens is 2. The number of nitrogens with zero attached hydrogens (tertiary/aromatic N) is 1. The molecular weight excluding hydrogens is 236 g/mol. The summed E-state index contributed by atoms with van der Waals surface area (Å²) in [7, 11) is 0. The fourth-order valence-corrected chi connectivity index (χ4v) is 1.61. The van der Waals surface area contributed by atoms with Crippen LogP contribution in [0.5, 0.6) is 0 Å². The second-order valence-electron chi connectivity index (χ2n) is 3.91. The molecule has 0 saturated carbocycles. The molecule has 0 spiro atoms. The number of aliphatic hydroxyl groups is 2. The van der Waals surface area contributed by atoms with Crippen molar-refractivity contribution in [1.82, 2.24) is 15.5 Å². The van der Waals surface area contributed by atoms with E-state index >= 15 is 0 Å². The smallest absolute Gasteiger partial charge is 0.272 e. The summed E-state index contributed by atoms with van der Waals surface area (Å²) in [6.07, 6.45) is 0. The van der Waals surface area contributed by atoms with E-state index in [2.05, 4.69) is 15.5 Å². The van der Waals surface area contributed by atoms with Crippen molar-refractivity contribution in [2.75, 3.05) is 18.9 Å². The van der Waals surface area contributed by atoms with Crippen LogP contribution in [0.3, 0.4) is 0 Å². The highest BCUT2D eigenvalue weighted by molar-refractivity contribution is 6.05. The molecule has 0 bridgehead atoms. The number of fused-ring (bicyclic) bond motifs is 1. The fraction of sp³-hybridized carbons (Fsp3) is 0.273. The summed E-state index contributed by atoms with van der Waals surface area (Å²) in [6.45, 7) is -0.681. The Morgan fingerprint density at radius 3 is 2.83 bits per heavy atom. The number of anilines is 1. The van der Waals surface area contributed by atoms with E-state index in [1.165, 1.54) is 0 Å². The molecule has 0 aliphatic carbocycles. The van der Waals surface area contributed by atoms with Crippen LogP contribution in [0, 0.1) is 0 Å². The zero-order valence-electron chi connectivity index (χ0n) is 9.55. The molecule has 1 aromatic carbocycles. The zero-order valence-corrected chi connectivity index (χ0v) is 9.55. The van der Waals surface area contributed by atoms with Crippen LogP contribution in [-0.2, 0) is 0 Å². The Bertz CT molecular complexity index is 562. The number of amides is 1. The van der Waals surface area contributed by atoms with Gasteiger partial charge in [0.25, 0.3) is 5.91 Å². The van der Waals surface area contributed by atoms with Gasteiger partial charge in [0.05, 0.1) is 24.8 Å². The predicted octanol–water partition coefficient (Wildman–Crippen LogP) is -0.772. The van der Waals surface area contributed by atoms with E-state index in [9.17, 15) is 4.79 Å². The summed E-state index contributed by atoms with van der Waals surface area (Å²) < 4.78 is 0. The Kier molecular flexibility index (Phi) is 3.45. The number of nitrogens with two attached hydrogens (primary N) is 1. The second-order valence-corrected chi connectivity index (χ2v) is 3.91. The number of nitrogen functional groups attached to an aromatic ring is 1. The molecule has 0 fully saturated rings. The highest BCUT2D eigenvalue weighted by Crippen LogP contribution is 2.18. The molecule has 7 nitrogen and oxygen atoms in total. The maximum atomic E-state index is 11.9. The van der Waals surface area contributed by atoms with E-state index in [1.807, 2.05) is 0 Å². The standard InChI is InChI=1S/C11H14N4O3/c12-6-1-2-9-8(3-6)10(15-14-9)11(18)13-7(4-16)5-17/h1-3,7,16-17H,4-5,12H2,(H,13,18)(H,14,15). The van der Waals surface area contributed by atoms with Gasteiger partial charge < -0.3 is 21.3 Å². The van der Waals surface area contributed by atoms with Gasteiger partial charge in [-0.05, 0) is 18.2 Å². The molecule has 0 unspecified atom stereocenters. The van der Waals surface area contributed by atoms with Crippen molar-refractivity contribution in [2.24, 2.45) is 0 Å². The van der Waals surface area contributed by atoms with Crippen LogP contribution < -0.4 is 11.1 Å². The minimum atomic E-state index is -0.703. The lowest BCUT2D eigenvalue weighted by Crippen LogP contribution is -2.40. The van der Waals surface area contributed by atoms with Crippen LogP contribution in [0.25, 0.3) is 10.9 Å². The van der Waals surface area contributed by atoms with E-state index in [0.29, 0.717) is 16.6 Å². The number of nitrogens with one attached hydrogen (secondary N) is 2. The van der Waals surface area contributed by atoms with Gasteiger partial charge in [-0.3, -0.25) is 9.89 Å². The van der Waals surface area contributed by atoms with Crippen molar-refractivity contribution < 1.29 is 15.0 Å². The fourth-order valence-electron chi connectivity index (χ4n) is 1.61. The van der Waals surface area contributed by atoms with Gasteiger partial charge in [0.2, 0.25) is 0 Å². The lowest BCUT2D eigenvalue weighted by Gasteiger charge is -2.11. The van der Waals surface area contributed by atoms with Crippen LogP contribution in [0.1, 0.15) is 10.5 Å². The van der Waals surface area contributed by atoms with E-state index < -0.39 is 11.9 Å². The minimum Gasteiger partial charge on any atom is -0.399 e. The Hall–Kier alpha value is -2.12. The lowest BCUT2D eigenvalue weighted by atomic mass is 10.2. The van der Waals surface area contributed by atoms with Gasteiger partial charge >= 0.3 is 0 Å². The van der Waals surface area contributed by atoms with Crippen molar-refractivity contribution in [1.29, 1.82) is 0 Å². The largest absolute Gasteiger partial charge is 0.399 e. The van der Waals surface area contributed by atoms with E-state index in [1.54, 1.807) is 18.2 Å². The highest BCUT2D eigenvalue weighted by atomic mass is 16.3. The van der Waals surface area contributed by atoms with Gasteiger partial charge in [-0.2, -0.15) is 5.10 Å². The maximum Gasteiger partial charge on any atom is 0.272 e. The quantitative estimate of drug-likeness (QED) is 0.456. The van der Waals surface area contributed by atoms with Crippen LogP contribution in [0.2, 0.25) is 0 Å². The predicted molar refractivity (Wildman–Crippen MR) is 65.9 cm³/mol. The first-order valence-electron chi connectivity index (χ1n) is 5.42. The average molecular weight is 250 g/mol. The minimum absolute atomic E-state index is 0.184. The molecule has 0 radical (unpaired) electrons. The highest BCUT2D eigenvalue weighted by Gasteiger charge is 2.17. The molecule has 2 rings (SSSR count). The van der Waals surface area contributed by atoms with Gasteiger partial charge in [-0.15, -0.1) is 0 Å². The summed E-state index contributed by atoms with van der Waals surface area (Å²) in [5.41, 5.74) is 7.06. The van der Waals surface area contributed by atoms with E-state index in [4.69, 9.17) is 15.9 Å². The molecule has 0 aliphatic heterocycles. The summed E-state index contributed by atoms with van der Waals surface area (Å²) in [5.74, 6) is -0.472. The average Bonchev–Trinajstić information content (AvgIpc) is 2.78. The first-order chi connectivity index (χ1) is 8.65. The normalized spacial score (nSPS) is 11.1. The van der Waals surface area contributed by atoms with Gasteiger partial charge in [0, 0.05) is 11.1 Å². The Morgan fingerprint density at radius 1 is 1.44 bits per heavy atom. The van der Waals surface area contributed by atoms with Gasteiger partial charge in [0.1, 0.15) is 0 Å². The van der Waals surface area contributed by atoms with E-state index in [-0.39, 0.29) is 18.9 Å². The molecule has 1 heterocycles. The summed E-state index contributed by atoms with van der Waals surface area (Å²) in [5, 5.41) is 27.5. The van der Waals surface area contributed by atoms with Crippen molar-refractivity contribution in [3.8, 4) is 0 Å². The monoisotopic (exact) mass is 250 g/mol. The summed E-state index contributed by atoms with van der Waals surface area (Å²) in [6, 6.07) is 4.36. The Balaban J connectivity index is 2.30. The number of hydrogen-bond acceptors (Lipinski definition) is 5. The first-order valence-corrected chi connectivity index (χ1v) is 5.42. The number of aliphatic hydroxyl groups excluding tert-OH is 2. The molecule has 0 aliphatic rings. The molecule has 2 aromatic rings. The second kappa shape index (κ2) is 5.03. The number of rotatable bonds is 4.